The smallest absolute Gasteiger partial charge is 0.272 e. The minimum atomic E-state index is -0.233. The van der Waals surface area contributed by atoms with Crippen LogP contribution in [0.15, 0.2) is 36.7 Å². The van der Waals surface area contributed by atoms with Crippen molar-refractivity contribution in [1.82, 2.24) is 20.5 Å². The standard InChI is InChI=1S/C16H19N5O/c22-16(18-11-12-4-3-9-17-10-12)14-7-8-15(21-20-14)19-13-5-1-2-6-13/h3-4,7-10,13H,1-2,5-6,11H2,(H,18,22)(H,19,21). The van der Waals surface area contributed by atoms with Gasteiger partial charge in [0.1, 0.15) is 5.82 Å². The molecule has 0 radical (unpaired) electrons. The van der Waals surface area contributed by atoms with Crippen LogP contribution >= 0.6 is 0 Å². The minimum absolute atomic E-state index is 0.233. The molecule has 0 atom stereocenters. The molecule has 0 aromatic carbocycles. The van der Waals surface area contributed by atoms with E-state index in [1.165, 1.54) is 25.7 Å². The van der Waals surface area contributed by atoms with Crippen molar-refractivity contribution >= 4 is 11.7 Å². The molecular formula is C16H19N5O. The molecule has 0 bridgehead atoms. The Bertz CT molecular complexity index is 608. The molecule has 0 unspecified atom stereocenters. The second kappa shape index (κ2) is 6.98. The zero-order valence-corrected chi connectivity index (χ0v) is 12.3. The lowest BCUT2D eigenvalue weighted by Gasteiger charge is -2.11. The zero-order valence-electron chi connectivity index (χ0n) is 12.3. The van der Waals surface area contributed by atoms with E-state index in [2.05, 4.69) is 25.8 Å². The summed E-state index contributed by atoms with van der Waals surface area (Å²) in [5.41, 5.74) is 1.27. The number of rotatable bonds is 5. The van der Waals surface area contributed by atoms with E-state index in [1.807, 2.05) is 18.2 Å². The molecule has 1 aliphatic rings. The molecule has 6 heteroatoms. The SMILES string of the molecule is O=C(NCc1cccnc1)c1ccc(NC2CCCC2)nn1. The predicted molar refractivity (Wildman–Crippen MR) is 83.3 cm³/mol. The largest absolute Gasteiger partial charge is 0.366 e. The monoisotopic (exact) mass is 297 g/mol. The van der Waals surface area contributed by atoms with E-state index in [0.29, 0.717) is 18.3 Å². The van der Waals surface area contributed by atoms with E-state index in [0.717, 1.165) is 11.4 Å². The third kappa shape index (κ3) is 3.78. The fourth-order valence-electron chi connectivity index (χ4n) is 2.59. The summed E-state index contributed by atoms with van der Waals surface area (Å²) in [6.45, 7) is 0.427. The van der Waals surface area contributed by atoms with Gasteiger partial charge in [0, 0.05) is 25.0 Å². The van der Waals surface area contributed by atoms with Gasteiger partial charge in [0.05, 0.1) is 0 Å². The lowest BCUT2D eigenvalue weighted by molar-refractivity contribution is 0.0945. The van der Waals surface area contributed by atoms with Gasteiger partial charge in [-0.2, -0.15) is 0 Å². The topological polar surface area (TPSA) is 79.8 Å². The fraction of sp³-hybridized carbons (Fsp3) is 0.375. The number of pyridine rings is 1. The molecule has 1 amide bonds. The molecule has 0 aliphatic heterocycles. The quantitative estimate of drug-likeness (QED) is 0.884. The summed E-state index contributed by atoms with van der Waals surface area (Å²) in [7, 11) is 0. The van der Waals surface area contributed by atoms with E-state index in [9.17, 15) is 4.79 Å². The van der Waals surface area contributed by atoms with Gasteiger partial charge in [-0.1, -0.05) is 18.9 Å². The highest BCUT2D eigenvalue weighted by Gasteiger charge is 2.15. The molecule has 0 saturated heterocycles. The van der Waals surface area contributed by atoms with E-state index >= 15 is 0 Å². The highest BCUT2D eigenvalue weighted by molar-refractivity contribution is 5.92. The van der Waals surface area contributed by atoms with Crippen LogP contribution in [0.25, 0.3) is 0 Å². The van der Waals surface area contributed by atoms with Crippen molar-refractivity contribution < 1.29 is 4.79 Å². The molecule has 0 spiro atoms. The van der Waals surface area contributed by atoms with Gasteiger partial charge in [-0.15, -0.1) is 10.2 Å². The summed E-state index contributed by atoms with van der Waals surface area (Å²) < 4.78 is 0. The van der Waals surface area contributed by atoms with Gasteiger partial charge >= 0.3 is 0 Å². The third-order valence-corrected chi connectivity index (χ3v) is 3.78. The van der Waals surface area contributed by atoms with Crippen molar-refractivity contribution in [2.75, 3.05) is 5.32 Å². The normalized spacial score (nSPS) is 14.7. The Kier molecular flexibility index (Phi) is 4.58. The van der Waals surface area contributed by atoms with Crippen LogP contribution in [0.3, 0.4) is 0 Å². The summed E-state index contributed by atoms with van der Waals surface area (Å²) in [6, 6.07) is 7.74. The molecule has 1 saturated carbocycles. The Morgan fingerprint density at radius 3 is 2.73 bits per heavy atom. The summed E-state index contributed by atoms with van der Waals surface area (Å²) in [6.07, 6.45) is 8.30. The third-order valence-electron chi connectivity index (χ3n) is 3.78. The lowest BCUT2D eigenvalue weighted by Crippen LogP contribution is -2.24. The number of anilines is 1. The first kappa shape index (κ1) is 14.4. The maximum atomic E-state index is 12.0. The van der Waals surface area contributed by atoms with Gasteiger partial charge in [0.25, 0.3) is 5.91 Å². The molecule has 2 aromatic rings. The van der Waals surface area contributed by atoms with E-state index in [4.69, 9.17) is 0 Å². The highest BCUT2D eigenvalue weighted by Crippen LogP contribution is 2.20. The average Bonchev–Trinajstić information content (AvgIpc) is 3.07. The van der Waals surface area contributed by atoms with Crippen molar-refractivity contribution in [3.8, 4) is 0 Å². The predicted octanol–water partition coefficient (Wildman–Crippen LogP) is 2.16. The fourth-order valence-corrected chi connectivity index (χ4v) is 2.59. The van der Waals surface area contributed by atoms with Crippen LogP contribution in [-0.2, 0) is 6.54 Å². The highest BCUT2D eigenvalue weighted by atomic mass is 16.1. The van der Waals surface area contributed by atoms with Gasteiger partial charge in [0.15, 0.2) is 5.69 Å². The van der Waals surface area contributed by atoms with Crippen LogP contribution < -0.4 is 10.6 Å². The van der Waals surface area contributed by atoms with Crippen LogP contribution in [0.1, 0.15) is 41.7 Å². The Morgan fingerprint density at radius 1 is 1.18 bits per heavy atom. The van der Waals surface area contributed by atoms with Crippen molar-refractivity contribution in [3.63, 3.8) is 0 Å². The maximum Gasteiger partial charge on any atom is 0.272 e. The molecule has 1 fully saturated rings. The second-order valence-corrected chi connectivity index (χ2v) is 5.47. The molecule has 6 nitrogen and oxygen atoms in total. The molecule has 1 aliphatic carbocycles. The van der Waals surface area contributed by atoms with E-state index < -0.39 is 0 Å². The zero-order chi connectivity index (χ0) is 15.2. The second-order valence-electron chi connectivity index (χ2n) is 5.47. The number of carbonyl (C=O) groups excluding carboxylic acids is 1. The van der Waals surface area contributed by atoms with Gasteiger partial charge in [-0.25, -0.2) is 0 Å². The average molecular weight is 297 g/mol. The first-order valence-electron chi connectivity index (χ1n) is 7.58. The van der Waals surface area contributed by atoms with Crippen molar-refractivity contribution in [3.05, 3.63) is 47.9 Å². The Hall–Kier alpha value is -2.50. The Balaban J connectivity index is 1.54. The number of amides is 1. The number of nitrogens with one attached hydrogen (secondary N) is 2. The molecule has 22 heavy (non-hydrogen) atoms. The van der Waals surface area contributed by atoms with Gasteiger partial charge < -0.3 is 10.6 Å². The van der Waals surface area contributed by atoms with E-state index in [1.54, 1.807) is 18.5 Å². The van der Waals surface area contributed by atoms with Gasteiger partial charge in [-0.05, 0) is 36.6 Å². The molecule has 2 heterocycles. The molecule has 2 N–H and O–H groups in total. The van der Waals surface area contributed by atoms with Crippen molar-refractivity contribution in [2.45, 2.75) is 38.3 Å². The van der Waals surface area contributed by atoms with Gasteiger partial charge in [0.2, 0.25) is 0 Å². The van der Waals surface area contributed by atoms with Crippen molar-refractivity contribution in [2.24, 2.45) is 0 Å². The maximum absolute atomic E-state index is 12.0. The van der Waals surface area contributed by atoms with Crippen LogP contribution in [-0.4, -0.2) is 27.1 Å². The van der Waals surface area contributed by atoms with Crippen LogP contribution in [0.2, 0.25) is 0 Å². The number of hydrogen-bond donors (Lipinski definition) is 2. The minimum Gasteiger partial charge on any atom is -0.366 e. The summed E-state index contributed by atoms with van der Waals surface area (Å²) >= 11 is 0. The number of aromatic nitrogens is 3. The van der Waals surface area contributed by atoms with E-state index in [-0.39, 0.29) is 5.91 Å². The first-order chi connectivity index (χ1) is 10.8. The molecule has 114 valence electrons. The Morgan fingerprint density at radius 2 is 2.05 bits per heavy atom. The summed E-state index contributed by atoms with van der Waals surface area (Å²) in [5, 5.41) is 14.2. The number of carbonyl (C=O) groups is 1. The van der Waals surface area contributed by atoms with Gasteiger partial charge in [-0.3, -0.25) is 9.78 Å². The molecule has 2 aromatic heterocycles. The molecule has 3 rings (SSSR count). The van der Waals surface area contributed by atoms with Crippen LogP contribution in [0.5, 0.6) is 0 Å². The van der Waals surface area contributed by atoms with Crippen LogP contribution in [0.4, 0.5) is 5.82 Å². The summed E-state index contributed by atoms with van der Waals surface area (Å²) in [5.74, 6) is 0.500. The first-order valence-corrected chi connectivity index (χ1v) is 7.58. The number of hydrogen-bond acceptors (Lipinski definition) is 5. The summed E-state index contributed by atoms with van der Waals surface area (Å²) in [4.78, 5) is 16.0. The molecular weight excluding hydrogens is 278 g/mol. The van der Waals surface area contributed by atoms with Crippen LogP contribution in [0, 0.1) is 0 Å². The van der Waals surface area contributed by atoms with Crippen molar-refractivity contribution in [1.29, 1.82) is 0 Å². The lowest BCUT2D eigenvalue weighted by atomic mass is 10.2. The number of nitrogens with zero attached hydrogens (tertiary/aromatic N) is 3. The Labute approximate surface area is 129 Å².